The molecule has 0 aliphatic heterocycles. The quantitative estimate of drug-likeness (QED) is 0.363. The average molecular weight is 435 g/mol. The van der Waals surface area contributed by atoms with Crippen molar-refractivity contribution < 1.29 is 19.5 Å². The van der Waals surface area contributed by atoms with Crippen LogP contribution in [0.4, 0.5) is 0 Å². The average Bonchev–Trinajstić information content (AvgIpc) is 3.11. The first-order valence-corrected chi connectivity index (χ1v) is 11.3. The fraction of sp³-hybridized carbons (Fsp3) is 0.476. The molecule has 0 aliphatic carbocycles. The number of nitrogens with one attached hydrogen (secondary N) is 3. The molecule has 0 saturated carbocycles. The number of thioether (sulfide) groups is 1. The largest absolute Gasteiger partial charge is 0.480 e. The highest BCUT2D eigenvalue weighted by molar-refractivity contribution is 7.98. The van der Waals surface area contributed by atoms with Gasteiger partial charge in [-0.05, 0) is 42.4 Å². The van der Waals surface area contributed by atoms with E-state index >= 15 is 0 Å². The summed E-state index contributed by atoms with van der Waals surface area (Å²) < 4.78 is 0. The number of aromatic amines is 1. The lowest BCUT2D eigenvalue weighted by atomic mass is 10.0. The van der Waals surface area contributed by atoms with E-state index in [4.69, 9.17) is 5.73 Å². The zero-order chi connectivity index (χ0) is 22.3. The van der Waals surface area contributed by atoms with Crippen LogP contribution in [0.3, 0.4) is 0 Å². The van der Waals surface area contributed by atoms with Gasteiger partial charge in [-0.1, -0.05) is 32.0 Å². The van der Waals surface area contributed by atoms with Crippen molar-refractivity contribution in [3.05, 3.63) is 36.0 Å². The maximum absolute atomic E-state index is 12.7. The van der Waals surface area contributed by atoms with Crippen LogP contribution in [-0.2, 0) is 20.8 Å². The smallest absolute Gasteiger partial charge is 0.326 e. The monoisotopic (exact) mass is 434 g/mol. The summed E-state index contributed by atoms with van der Waals surface area (Å²) >= 11 is 1.50. The van der Waals surface area contributed by atoms with Crippen molar-refractivity contribution in [3.63, 3.8) is 0 Å². The van der Waals surface area contributed by atoms with E-state index < -0.39 is 35.9 Å². The molecule has 0 aliphatic rings. The van der Waals surface area contributed by atoms with Crippen molar-refractivity contribution in [2.75, 3.05) is 12.0 Å². The lowest BCUT2D eigenvalue weighted by Gasteiger charge is -2.25. The number of fused-ring (bicyclic) bond motifs is 1. The summed E-state index contributed by atoms with van der Waals surface area (Å²) in [7, 11) is 0. The fourth-order valence-electron chi connectivity index (χ4n) is 3.18. The van der Waals surface area contributed by atoms with E-state index in [1.165, 1.54) is 11.8 Å². The van der Waals surface area contributed by atoms with Gasteiger partial charge in [0.1, 0.15) is 12.1 Å². The standard InChI is InChI=1S/C21H30N4O4S/c1-12(2)18(20(27)24-17(21(28)29)8-9-30-3)25-19(26)15(22)10-13-11-23-16-7-5-4-6-14(13)16/h4-7,11-12,15,17-18,23H,8-10,22H2,1-3H3,(H,24,27)(H,25,26)(H,28,29). The van der Waals surface area contributed by atoms with Gasteiger partial charge < -0.3 is 26.5 Å². The van der Waals surface area contributed by atoms with Gasteiger partial charge in [-0.2, -0.15) is 11.8 Å². The number of carboxylic acids is 1. The number of carboxylic acid groups (broad SMARTS) is 1. The van der Waals surface area contributed by atoms with Gasteiger partial charge in [-0.25, -0.2) is 4.79 Å². The van der Waals surface area contributed by atoms with Crippen molar-refractivity contribution >= 4 is 40.4 Å². The van der Waals surface area contributed by atoms with Crippen molar-refractivity contribution in [2.24, 2.45) is 11.7 Å². The Hall–Kier alpha value is -2.52. The number of carbonyl (C=O) groups is 3. The van der Waals surface area contributed by atoms with Gasteiger partial charge in [0.15, 0.2) is 0 Å². The molecule has 1 heterocycles. The van der Waals surface area contributed by atoms with Gasteiger partial charge in [0, 0.05) is 17.1 Å². The summed E-state index contributed by atoms with van der Waals surface area (Å²) in [5.41, 5.74) is 7.99. The molecule has 3 unspecified atom stereocenters. The van der Waals surface area contributed by atoms with Crippen LogP contribution in [-0.4, -0.2) is 58.0 Å². The number of hydrogen-bond acceptors (Lipinski definition) is 5. The number of H-pyrrole nitrogens is 1. The molecular weight excluding hydrogens is 404 g/mol. The molecule has 1 aromatic carbocycles. The maximum atomic E-state index is 12.7. The Morgan fingerprint density at radius 1 is 1.17 bits per heavy atom. The molecule has 6 N–H and O–H groups in total. The zero-order valence-electron chi connectivity index (χ0n) is 17.5. The Kier molecular flexibility index (Phi) is 8.73. The second-order valence-electron chi connectivity index (χ2n) is 7.58. The summed E-state index contributed by atoms with van der Waals surface area (Å²) in [6.45, 7) is 3.57. The highest BCUT2D eigenvalue weighted by Gasteiger charge is 2.30. The topological polar surface area (TPSA) is 137 Å². The van der Waals surface area contributed by atoms with E-state index in [0.29, 0.717) is 18.6 Å². The molecule has 0 fully saturated rings. The van der Waals surface area contributed by atoms with Crippen LogP contribution < -0.4 is 16.4 Å². The van der Waals surface area contributed by atoms with E-state index in [0.717, 1.165) is 16.5 Å². The molecular formula is C21H30N4O4S. The number of aliphatic carboxylic acids is 1. The first kappa shape index (κ1) is 23.8. The van der Waals surface area contributed by atoms with E-state index in [-0.39, 0.29) is 5.92 Å². The molecule has 2 aromatic rings. The van der Waals surface area contributed by atoms with Crippen molar-refractivity contribution in [3.8, 4) is 0 Å². The van der Waals surface area contributed by atoms with Crippen LogP contribution in [0.25, 0.3) is 10.9 Å². The molecule has 0 spiro atoms. The van der Waals surface area contributed by atoms with Gasteiger partial charge in [0.2, 0.25) is 11.8 Å². The predicted molar refractivity (Wildman–Crippen MR) is 119 cm³/mol. The first-order chi connectivity index (χ1) is 14.2. The number of hydrogen-bond donors (Lipinski definition) is 5. The Morgan fingerprint density at radius 2 is 1.87 bits per heavy atom. The molecule has 30 heavy (non-hydrogen) atoms. The molecule has 0 bridgehead atoms. The summed E-state index contributed by atoms with van der Waals surface area (Å²) in [5.74, 6) is -1.70. The van der Waals surface area contributed by atoms with Crippen molar-refractivity contribution in [1.82, 2.24) is 15.6 Å². The molecule has 9 heteroatoms. The predicted octanol–water partition coefficient (Wildman–Crippen LogP) is 1.50. The summed E-state index contributed by atoms with van der Waals surface area (Å²) in [6.07, 6.45) is 4.31. The molecule has 1 aromatic heterocycles. The van der Waals surface area contributed by atoms with Crippen LogP contribution >= 0.6 is 11.8 Å². The Labute approximate surface area is 180 Å². The number of nitrogens with two attached hydrogens (primary N) is 1. The van der Waals surface area contributed by atoms with Crippen LogP contribution in [0.1, 0.15) is 25.8 Å². The van der Waals surface area contributed by atoms with Crippen LogP contribution in [0.15, 0.2) is 30.5 Å². The minimum absolute atomic E-state index is 0.232. The third-order valence-electron chi connectivity index (χ3n) is 4.92. The van der Waals surface area contributed by atoms with Crippen LogP contribution in [0.5, 0.6) is 0 Å². The van der Waals surface area contributed by atoms with E-state index in [9.17, 15) is 19.5 Å². The Balaban J connectivity index is 2.03. The molecule has 8 nitrogen and oxygen atoms in total. The molecule has 164 valence electrons. The number of benzene rings is 1. The van der Waals surface area contributed by atoms with Crippen molar-refractivity contribution in [1.29, 1.82) is 0 Å². The number of aromatic nitrogens is 1. The number of amides is 2. The first-order valence-electron chi connectivity index (χ1n) is 9.87. The second-order valence-corrected chi connectivity index (χ2v) is 8.57. The normalized spacial score (nSPS) is 14.3. The lowest BCUT2D eigenvalue weighted by Crippen LogP contribution is -2.56. The SMILES string of the molecule is CSCCC(NC(=O)C(NC(=O)C(N)Cc1c[nH]c2ccccc12)C(C)C)C(=O)O. The van der Waals surface area contributed by atoms with Gasteiger partial charge in [0.05, 0.1) is 6.04 Å². The zero-order valence-corrected chi connectivity index (χ0v) is 18.3. The second kappa shape index (κ2) is 11.0. The van der Waals surface area contributed by atoms with Gasteiger partial charge in [-0.3, -0.25) is 9.59 Å². The maximum Gasteiger partial charge on any atom is 0.326 e. The fourth-order valence-corrected chi connectivity index (χ4v) is 3.65. The molecule has 0 radical (unpaired) electrons. The van der Waals surface area contributed by atoms with Gasteiger partial charge >= 0.3 is 5.97 Å². The Bertz CT molecular complexity index is 883. The highest BCUT2D eigenvalue weighted by atomic mass is 32.2. The highest BCUT2D eigenvalue weighted by Crippen LogP contribution is 2.19. The van der Waals surface area contributed by atoms with Crippen molar-refractivity contribution in [2.45, 2.75) is 44.8 Å². The van der Waals surface area contributed by atoms with Crippen LogP contribution in [0.2, 0.25) is 0 Å². The Morgan fingerprint density at radius 3 is 2.50 bits per heavy atom. The molecule has 0 saturated heterocycles. The minimum atomic E-state index is -1.10. The van der Waals surface area contributed by atoms with Crippen LogP contribution in [0, 0.1) is 5.92 Å². The third-order valence-corrected chi connectivity index (χ3v) is 5.57. The number of para-hydroxylation sites is 1. The number of rotatable bonds is 11. The van der Waals surface area contributed by atoms with E-state index in [2.05, 4.69) is 15.6 Å². The summed E-state index contributed by atoms with van der Waals surface area (Å²) in [5, 5.41) is 15.6. The minimum Gasteiger partial charge on any atom is -0.480 e. The van der Waals surface area contributed by atoms with E-state index in [1.807, 2.05) is 36.7 Å². The van der Waals surface area contributed by atoms with Gasteiger partial charge in [0.25, 0.3) is 0 Å². The molecule has 2 amide bonds. The summed E-state index contributed by atoms with van der Waals surface area (Å²) in [6, 6.07) is 5.03. The molecule has 3 atom stereocenters. The third kappa shape index (κ3) is 6.24. The number of carbonyl (C=O) groups excluding carboxylic acids is 2. The van der Waals surface area contributed by atoms with Gasteiger partial charge in [-0.15, -0.1) is 0 Å². The summed E-state index contributed by atoms with van der Waals surface area (Å²) in [4.78, 5) is 39.9. The van der Waals surface area contributed by atoms with E-state index in [1.54, 1.807) is 13.8 Å². The lowest BCUT2D eigenvalue weighted by molar-refractivity contribution is -0.142. The molecule has 2 rings (SSSR count).